The van der Waals surface area contributed by atoms with Crippen LogP contribution in [0.15, 0.2) is 91.0 Å². The Kier molecular flexibility index (Phi) is 7.65. The molecule has 1 heterocycles. The molecule has 2 atom stereocenters. The molecule has 5 rings (SSSR count). The fourth-order valence-corrected chi connectivity index (χ4v) is 5.14. The van der Waals surface area contributed by atoms with Crippen molar-refractivity contribution in [3.8, 4) is 5.75 Å². The minimum Gasteiger partial charge on any atom is -0.488 e. The number of para-hydroxylation sites is 1. The van der Waals surface area contributed by atoms with Crippen molar-refractivity contribution in [2.24, 2.45) is 5.92 Å². The highest BCUT2D eigenvalue weighted by Gasteiger charge is 2.34. The molecule has 4 aromatic rings. The van der Waals surface area contributed by atoms with Gasteiger partial charge in [-0.25, -0.2) is 0 Å². The van der Waals surface area contributed by atoms with Gasteiger partial charge in [0.25, 0.3) is 0 Å². The van der Waals surface area contributed by atoms with Gasteiger partial charge in [0.1, 0.15) is 12.4 Å². The molecule has 0 aromatic heterocycles. The Morgan fingerprint density at radius 2 is 1.66 bits per heavy atom. The predicted octanol–water partition coefficient (Wildman–Crippen LogP) is 6.45. The Morgan fingerprint density at radius 3 is 2.47 bits per heavy atom. The fraction of sp³-hybridized carbons (Fsp3) is 0.258. The number of carbonyl (C=O) groups excluding carboxylic acids is 1. The maximum atomic E-state index is 13.3. The van der Waals surface area contributed by atoms with E-state index in [0.717, 1.165) is 46.5 Å². The second-order valence-electron chi connectivity index (χ2n) is 9.59. The van der Waals surface area contributed by atoms with Crippen LogP contribution in [-0.2, 0) is 24.1 Å². The van der Waals surface area contributed by atoms with Gasteiger partial charge >= 0.3 is 6.18 Å². The zero-order valence-electron chi connectivity index (χ0n) is 20.8. The van der Waals surface area contributed by atoms with E-state index < -0.39 is 11.7 Å². The third kappa shape index (κ3) is 5.83. The van der Waals surface area contributed by atoms with Gasteiger partial charge < -0.3 is 15.4 Å². The number of amides is 1. The van der Waals surface area contributed by atoms with Crippen molar-refractivity contribution in [3.63, 3.8) is 0 Å². The van der Waals surface area contributed by atoms with Crippen molar-refractivity contribution in [2.45, 2.75) is 31.7 Å². The number of fused-ring (bicyclic) bond motifs is 1. The standard InChI is InChI=1S/C31H29F3N2O2/c32-31(33,34)28-10-3-4-11-29(28)38-20-21-12-14-23(15-13-21)26-16-17-35-19-27(26)30(37)36-18-24-8-5-7-22-6-1-2-9-25(22)24/h1-15,26-27,35H,16-20H2,(H,36,37). The van der Waals surface area contributed by atoms with Gasteiger partial charge in [0.15, 0.2) is 0 Å². The van der Waals surface area contributed by atoms with Gasteiger partial charge in [-0.05, 0) is 58.5 Å². The first-order valence-electron chi connectivity index (χ1n) is 12.7. The van der Waals surface area contributed by atoms with Crippen LogP contribution in [-0.4, -0.2) is 19.0 Å². The third-order valence-electron chi connectivity index (χ3n) is 7.15. The molecule has 0 spiro atoms. The third-order valence-corrected chi connectivity index (χ3v) is 7.15. The summed E-state index contributed by atoms with van der Waals surface area (Å²) < 4.78 is 45.2. The maximum absolute atomic E-state index is 13.3. The molecule has 2 unspecified atom stereocenters. The number of hydrogen-bond donors (Lipinski definition) is 2. The molecule has 2 N–H and O–H groups in total. The minimum absolute atomic E-state index is 0.00583. The summed E-state index contributed by atoms with van der Waals surface area (Å²) in [6.07, 6.45) is -3.65. The summed E-state index contributed by atoms with van der Waals surface area (Å²) >= 11 is 0. The SMILES string of the molecule is O=C(NCc1cccc2ccccc12)C1CNCCC1c1ccc(COc2ccccc2C(F)(F)F)cc1. The molecule has 0 radical (unpaired) electrons. The van der Waals surface area contributed by atoms with Crippen LogP contribution in [0.5, 0.6) is 5.75 Å². The van der Waals surface area contributed by atoms with Crippen LogP contribution in [0.4, 0.5) is 13.2 Å². The number of ether oxygens (including phenoxy) is 1. The lowest BCUT2D eigenvalue weighted by Gasteiger charge is -2.31. The molecule has 196 valence electrons. The zero-order valence-corrected chi connectivity index (χ0v) is 20.8. The first-order valence-corrected chi connectivity index (χ1v) is 12.7. The van der Waals surface area contributed by atoms with Crippen molar-refractivity contribution in [2.75, 3.05) is 13.1 Å². The highest BCUT2D eigenvalue weighted by molar-refractivity contribution is 5.86. The molecular formula is C31H29F3N2O2. The molecule has 0 aliphatic carbocycles. The molecule has 1 saturated heterocycles. The fourth-order valence-electron chi connectivity index (χ4n) is 5.14. The number of carbonyl (C=O) groups is 1. The maximum Gasteiger partial charge on any atom is 0.419 e. The summed E-state index contributed by atoms with van der Waals surface area (Å²) in [5, 5.41) is 8.74. The highest BCUT2D eigenvalue weighted by atomic mass is 19.4. The molecule has 1 fully saturated rings. The summed E-state index contributed by atoms with van der Waals surface area (Å²) in [5.41, 5.74) is 2.09. The quantitative estimate of drug-likeness (QED) is 0.296. The lowest BCUT2D eigenvalue weighted by Crippen LogP contribution is -2.44. The van der Waals surface area contributed by atoms with Crippen LogP contribution in [0, 0.1) is 5.92 Å². The average Bonchev–Trinajstić information content (AvgIpc) is 2.95. The van der Waals surface area contributed by atoms with Crippen LogP contribution in [0.3, 0.4) is 0 Å². The molecule has 1 aliphatic rings. The molecular weight excluding hydrogens is 489 g/mol. The van der Waals surface area contributed by atoms with Crippen LogP contribution in [0.2, 0.25) is 0 Å². The van der Waals surface area contributed by atoms with Crippen molar-refractivity contribution >= 4 is 16.7 Å². The zero-order chi connectivity index (χ0) is 26.5. The van der Waals surface area contributed by atoms with E-state index in [1.165, 1.54) is 18.2 Å². The Balaban J connectivity index is 1.24. The van der Waals surface area contributed by atoms with Crippen molar-refractivity contribution in [1.82, 2.24) is 10.6 Å². The number of alkyl halides is 3. The molecule has 1 amide bonds. The molecule has 38 heavy (non-hydrogen) atoms. The molecule has 4 aromatic carbocycles. The van der Waals surface area contributed by atoms with Crippen LogP contribution < -0.4 is 15.4 Å². The number of hydrogen-bond acceptors (Lipinski definition) is 3. The van der Waals surface area contributed by atoms with Gasteiger partial charge in [0.05, 0.1) is 11.5 Å². The van der Waals surface area contributed by atoms with E-state index in [4.69, 9.17) is 4.74 Å². The Hall–Kier alpha value is -3.84. The Bertz CT molecular complexity index is 1400. The Labute approximate surface area is 219 Å². The van der Waals surface area contributed by atoms with Crippen molar-refractivity contribution < 1.29 is 22.7 Å². The smallest absolute Gasteiger partial charge is 0.419 e. The monoisotopic (exact) mass is 518 g/mol. The highest BCUT2D eigenvalue weighted by Crippen LogP contribution is 2.36. The number of piperidine rings is 1. The molecule has 0 bridgehead atoms. The van der Waals surface area contributed by atoms with E-state index in [9.17, 15) is 18.0 Å². The number of halogens is 3. The summed E-state index contributed by atoms with van der Waals surface area (Å²) in [6, 6.07) is 27.1. The summed E-state index contributed by atoms with van der Waals surface area (Å²) in [5.74, 6) is -0.360. The van der Waals surface area contributed by atoms with Gasteiger partial charge in [-0.3, -0.25) is 4.79 Å². The van der Waals surface area contributed by atoms with Gasteiger partial charge in [0, 0.05) is 13.1 Å². The summed E-state index contributed by atoms with van der Waals surface area (Å²) in [4.78, 5) is 13.3. The van der Waals surface area contributed by atoms with Crippen molar-refractivity contribution in [3.05, 3.63) is 113 Å². The first-order chi connectivity index (χ1) is 18.4. The largest absolute Gasteiger partial charge is 0.488 e. The van der Waals surface area contributed by atoms with Crippen molar-refractivity contribution in [1.29, 1.82) is 0 Å². The van der Waals surface area contributed by atoms with Crippen LogP contribution in [0.1, 0.15) is 34.6 Å². The lowest BCUT2D eigenvalue weighted by atomic mass is 9.80. The second-order valence-corrected chi connectivity index (χ2v) is 9.59. The van der Waals surface area contributed by atoms with E-state index >= 15 is 0 Å². The number of nitrogens with one attached hydrogen (secondary N) is 2. The number of rotatable bonds is 7. The van der Waals surface area contributed by atoms with Gasteiger partial charge in [-0.15, -0.1) is 0 Å². The molecule has 0 saturated carbocycles. The predicted molar refractivity (Wildman–Crippen MR) is 142 cm³/mol. The van der Waals surface area contributed by atoms with E-state index in [1.54, 1.807) is 0 Å². The van der Waals surface area contributed by atoms with Gasteiger partial charge in [-0.1, -0.05) is 78.9 Å². The van der Waals surface area contributed by atoms with E-state index in [2.05, 4.69) is 28.8 Å². The Morgan fingerprint density at radius 1 is 0.921 bits per heavy atom. The van der Waals surface area contributed by atoms with Crippen LogP contribution in [0.25, 0.3) is 10.8 Å². The lowest BCUT2D eigenvalue weighted by molar-refractivity contribution is -0.139. The topological polar surface area (TPSA) is 50.4 Å². The van der Waals surface area contributed by atoms with Crippen LogP contribution >= 0.6 is 0 Å². The molecule has 1 aliphatic heterocycles. The summed E-state index contributed by atoms with van der Waals surface area (Å²) in [7, 11) is 0. The molecule has 7 heteroatoms. The first kappa shape index (κ1) is 25.8. The normalized spacial score (nSPS) is 17.8. The summed E-state index contributed by atoms with van der Waals surface area (Å²) in [6.45, 7) is 1.88. The van der Waals surface area contributed by atoms with E-state index in [1.807, 2.05) is 48.5 Å². The van der Waals surface area contributed by atoms with Gasteiger partial charge in [-0.2, -0.15) is 13.2 Å². The minimum atomic E-state index is -4.47. The number of benzene rings is 4. The van der Waals surface area contributed by atoms with Gasteiger partial charge in [0.2, 0.25) is 5.91 Å². The average molecular weight is 519 g/mol. The second kappa shape index (κ2) is 11.3. The van der Waals surface area contributed by atoms with E-state index in [0.29, 0.717) is 13.1 Å². The molecule has 4 nitrogen and oxygen atoms in total. The van der Waals surface area contributed by atoms with E-state index in [-0.39, 0.29) is 30.1 Å².